The van der Waals surface area contributed by atoms with Crippen molar-refractivity contribution in [2.24, 2.45) is 52.0 Å². The number of hydrogen-bond acceptors (Lipinski definition) is 3. The fraction of sp³-hybridized carbons (Fsp3) is 0.962. The van der Waals surface area contributed by atoms with Gasteiger partial charge in [0.05, 0.1) is 0 Å². The number of hydrogen-bond donors (Lipinski definition) is 0. The van der Waals surface area contributed by atoms with Crippen LogP contribution in [0.5, 0.6) is 0 Å². The lowest BCUT2D eigenvalue weighted by Gasteiger charge is -2.56. The molecule has 0 spiro atoms. The molecule has 3 rings (SSSR count). The van der Waals surface area contributed by atoms with Gasteiger partial charge in [-0.25, -0.2) is 0 Å². The van der Waals surface area contributed by atoms with Gasteiger partial charge in [-0.1, -0.05) is 53.1 Å². The Morgan fingerprint density at radius 2 is 1.91 bits per heavy atom. The first-order chi connectivity index (χ1) is 14.8. The molecule has 3 aliphatic carbocycles. The SMILES string of the molecule is C[C@@H]1C[C@H]([C@@]2(C)CCC(=O)C[C@@H]2CO[Si](C)(C)C(C)(C)C)[C@@H](CN=[N+]=[N-])[C@H]2CC[C@H](C)[C@@H]21. The molecule has 6 heteroatoms. The fourth-order valence-corrected chi connectivity index (χ4v) is 8.46. The van der Waals surface area contributed by atoms with Crippen LogP contribution < -0.4 is 0 Å². The quantitative estimate of drug-likeness (QED) is 0.176. The van der Waals surface area contributed by atoms with Gasteiger partial charge in [0.1, 0.15) is 5.78 Å². The van der Waals surface area contributed by atoms with Crippen LogP contribution in [0.25, 0.3) is 10.4 Å². The van der Waals surface area contributed by atoms with Crippen molar-refractivity contribution in [2.75, 3.05) is 13.2 Å². The van der Waals surface area contributed by atoms with Crippen molar-refractivity contribution in [1.29, 1.82) is 0 Å². The molecule has 3 fully saturated rings. The average molecular weight is 462 g/mol. The summed E-state index contributed by atoms with van der Waals surface area (Å²) in [6, 6.07) is 0. The molecule has 182 valence electrons. The van der Waals surface area contributed by atoms with E-state index in [9.17, 15) is 4.79 Å². The average Bonchev–Trinajstić information content (AvgIpc) is 3.09. The summed E-state index contributed by atoms with van der Waals surface area (Å²) in [7, 11) is -1.88. The van der Waals surface area contributed by atoms with E-state index in [2.05, 4.69) is 64.7 Å². The zero-order chi connectivity index (χ0) is 23.9. The van der Waals surface area contributed by atoms with E-state index in [4.69, 9.17) is 9.96 Å². The smallest absolute Gasteiger partial charge is 0.191 e. The summed E-state index contributed by atoms with van der Waals surface area (Å²) >= 11 is 0. The lowest BCUT2D eigenvalue weighted by Crippen LogP contribution is -2.52. The van der Waals surface area contributed by atoms with Crippen LogP contribution in [0.15, 0.2) is 5.11 Å². The molecular weight excluding hydrogens is 414 g/mol. The van der Waals surface area contributed by atoms with E-state index in [-0.39, 0.29) is 16.4 Å². The molecule has 0 radical (unpaired) electrons. The third-order valence-electron chi connectivity index (χ3n) is 10.5. The van der Waals surface area contributed by atoms with Crippen molar-refractivity contribution >= 4 is 14.1 Å². The molecule has 0 unspecified atom stereocenters. The maximum absolute atomic E-state index is 12.6. The Kier molecular flexibility index (Phi) is 7.59. The van der Waals surface area contributed by atoms with Crippen LogP contribution in [0.2, 0.25) is 18.1 Å². The third-order valence-corrected chi connectivity index (χ3v) is 15.0. The standard InChI is InChI=1S/C26H47N3O2Si/c1-17-9-10-21-22(15-28-29-27)23(13-18(2)24(17)21)26(6)12-11-20(30)14-19(26)16-31-32(7,8)25(3,4)5/h17-19,21-24H,9-16H2,1-8H3/t17-,18+,19+,21+,22-,23-,24+,26-/m0/s1. The third kappa shape index (κ3) is 4.83. The lowest BCUT2D eigenvalue weighted by molar-refractivity contribution is -0.132. The van der Waals surface area contributed by atoms with Gasteiger partial charge in [0, 0.05) is 30.9 Å². The van der Waals surface area contributed by atoms with Gasteiger partial charge < -0.3 is 4.43 Å². The van der Waals surface area contributed by atoms with E-state index in [1.807, 2.05) is 0 Å². The van der Waals surface area contributed by atoms with Gasteiger partial charge in [-0.15, -0.1) is 0 Å². The minimum absolute atomic E-state index is 0.0664. The number of carbonyl (C=O) groups is 1. The molecule has 0 N–H and O–H groups in total. The van der Waals surface area contributed by atoms with Gasteiger partial charge in [-0.3, -0.25) is 4.79 Å². The topological polar surface area (TPSA) is 75.1 Å². The summed E-state index contributed by atoms with van der Waals surface area (Å²) in [5.74, 6) is 4.46. The Balaban J connectivity index is 1.91. The Bertz CT molecular complexity index is 742. The minimum Gasteiger partial charge on any atom is -0.417 e. The largest absolute Gasteiger partial charge is 0.417 e. The maximum atomic E-state index is 12.6. The Labute approximate surface area is 197 Å². The fourth-order valence-electron chi connectivity index (χ4n) is 7.41. The van der Waals surface area contributed by atoms with Crippen molar-refractivity contribution < 1.29 is 9.22 Å². The summed E-state index contributed by atoms with van der Waals surface area (Å²) in [6.07, 6.45) is 6.04. The highest BCUT2D eigenvalue weighted by molar-refractivity contribution is 6.74. The van der Waals surface area contributed by atoms with Crippen LogP contribution >= 0.6 is 0 Å². The van der Waals surface area contributed by atoms with Crippen LogP contribution in [0.3, 0.4) is 0 Å². The highest BCUT2D eigenvalue weighted by Gasteiger charge is 2.55. The number of carbonyl (C=O) groups excluding carboxylic acids is 1. The molecule has 8 atom stereocenters. The molecule has 0 saturated heterocycles. The van der Waals surface area contributed by atoms with E-state index < -0.39 is 8.32 Å². The van der Waals surface area contributed by atoms with Crippen LogP contribution in [0.4, 0.5) is 0 Å². The maximum Gasteiger partial charge on any atom is 0.191 e. The summed E-state index contributed by atoms with van der Waals surface area (Å²) in [5, 5.41) is 4.29. The predicted octanol–water partition coefficient (Wildman–Crippen LogP) is 7.63. The predicted molar refractivity (Wildman–Crippen MR) is 134 cm³/mol. The molecule has 0 aromatic rings. The number of Topliss-reactive ketones (excluding diaryl/α,β-unsaturated/α-hetero) is 1. The second-order valence-electron chi connectivity index (χ2n) is 13.2. The molecule has 32 heavy (non-hydrogen) atoms. The first-order valence-corrected chi connectivity index (χ1v) is 15.9. The second-order valence-corrected chi connectivity index (χ2v) is 18.0. The van der Waals surface area contributed by atoms with Crippen LogP contribution in [0, 0.1) is 46.8 Å². The molecule has 5 nitrogen and oxygen atoms in total. The molecule has 0 aromatic heterocycles. The van der Waals surface area contributed by atoms with Crippen LogP contribution in [-0.4, -0.2) is 27.3 Å². The summed E-state index contributed by atoms with van der Waals surface area (Å²) < 4.78 is 6.72. The van der Waals surface area contributed by atoms with Gasteiger partial charge in [0.2, 0.25) is 0 Å². The van der Waals surface area contributed by atoms with Gasteiger partial charge >= 0.3 is 0 Å². The first-order valence-electron chi connectivity index (χ1n) is 13.0. The van der Waals surface area contributed by atoms with E-state index in [0.29, 0.717) is 55.4 Å². The number of fused-ring (bicyclic) bond motifs is 1. The number of ketones is 1. The minimum atomic E-state index is -1.88. The normalized spacial score (nSPS) is 40.6. The Hall–Kier alpha value is -0.843. The lowest BCUT2D eigenvalue weighted by atomic mass is 9.50. The monoisotopic (exact) mass is 461 g/mol. The van der Waals surface area contributed by atoms with Crippen molar-refractivity contribution in [3.8, 4) is 0 Å². The number of azide groups is 1. The first kappa shape index (κ1) is 25.8. The highest BCUT2D eigenvalue weighted by atomic mass is 28.4. The van der Waals surface area contributed by atoms with Crippen molar-refractivity contribution in [3.63, 3.8) is 0 Å². The highest BCUT2D eigenvalue weighted by Crippen LogP contribution is 2.60. The zero-order valence-electron chi connectivity index (χ0n) is 21.9. The summed E-state index contributed by atoms with van der Waals surface area (Å²) in [6.45, 7) is 20.1. The van der Waals surface area contributed by atoms with E-state index in [1.165, 1.54) is 19.3 Å². The van der Waals surface area contributed by atoms with Crippen molar-refractivity contribution in [1.82, 2.24) is 0 Å². The molecule has 3 aliphatic rings. The van der Waals surface area contributed by atoms with Gasteiger partial charge in [-0.2, -0.15) is 0 Å². The van der Waals surface area contributed by atoms with Gasteiger partial charge in [0.15, 0.2) is 8.32 Å². The van der Waals surface area contributed by atoms with Crippen molar-refractivity contribution in [3.05, 3.63) is 10.4 Å². The van der Waals surface area contributed by atoms with Gasteiger partial charge in [0.25, 0.3) is 0 Å². The molecule has 0 aliphatic heterocycles. The summed E-state index contributed by atoms with van der Waals surface area (Å²) in [4.78, 5) is 15.8. The number of nitrogens with zero attached hydrogens (tertiary/aromatic N) is 3. The Morgan fingerprint density at radius 3 is 2.53 bits per heavy atom. The van der Waals surface area contributed by atoms with E-state index in [1.54, 1.807) is 0 Å². The molecule has 0 heterocycles. The van der Waals surface area contributed by atoms with E-state index in [0.717, 1.165) is 18.3 Å². The number of rotatable bonds is 6. The molecule has 3 saturated carbocycles. The molecular formula is C26H47N3O2Si. The molecule has 0 bridgehead atoms. The van der Waals surface area contributed by atoms with E-state index >= 15 is 0 Å². The van der Waals surface area contributed by atoms with Crippen LogP contribution in [-0.2, 0) is 9.22 Å². The van der Waals surface area contributed by atoms with Crippen LogP contribution in [0.1, 0.15) is 80.1 Å². The molecule has 0 amide bonds. The second kappa shape index (κ2) is 9.42. The summed E-state index contributed by atoms with van der Waals surface area (Å²) in [5.41, 5.74) is 9.20. The zero-order valence-corrected chi connectivity index (χ0v) is 22.9. The Morgan fingerprint density at radius 1 is 1.22 bits per heavy atom. The van der Waals surface area contributed by atoms with Gasteiger partial charge in [-0.05, 0) is 89.8 Å². The molecule has 0 aromatic carbocycles. The van der Waals surface area contributed by atoms with Crippen molar-refractivity contribution in [2.45, 2.75) is 98.2 Å².